The standard InChI is InChI=1S/C8H4BrF6N/c9-2-4-6(8(13,14)15)3(7(11)12)1-5(10)16-4/h1,7H,2H2. The van der Waals surface area contributed by atoms with Crippen molar-refractivity contribution in [2.75, 3.05) is 0 Å². The van der Waals surface area contributed by atoms with Crippen molar-refractivity contribution in [3.8, 4) is 0 Å². The van der Waals surface area contributed by atoms with Crippen LogP contribution >= 0.6 is 15.9 Å². The van der Waals surface area contributed by atoms with E-state index in [4.69, 9.17) is 0 Å². The predicted molar refractivity (Wildman–Crippen MR) is 46.8 cm³/mol. The van der Waals surface area contributed by atoms with E-state index in [9.17, 15) is 26.3 Å². The van der Waals surface area contributed by atoms with Gasteiger partial charge in [-0.15, -0.1) is 0 Å². The molecule has 0 saturated heterocycles. The van der Waals surface area contributed by atoms with Gasteiger partial charge in [0, 0.05) is 17.0 Å². The summed E-state index contributed by atoms with van der Waals surface area (Å²) in [6.45, 7) is 0. The van der Waals surface area contributed by atoms with Gasteiger partial charge in [-0.3, -0.25) is 0 Å². The molecule has 1 heterocycles. The highest BCUT2D eigenvalue weighted by atomic mass is 79.9. The molecule has 1 aromatic rings. The molecule has 0 aliphatic heterocycles. The maximum atomic E-state index is 12.7. The molecule has 0 unspecified atom stereocenters. The topological polar surface area (TPSA) is 12.9 Å². The molecule has 1 rings (SSSR count). The van der Waals surface area contributed by atoms with Crippen LogP contribution in [0.2, 0.25) is 0 Å². The third-order valence-corrected chi connectivity index (χ3v) is 2.27. The van der Waals surface area contributed by atoms with Gasteiger partial charge in [0.25, 0.3) is 6.43 Å². The third-order valence-electron chi connectivity index (χ3n) is 1.74. The molecular formula is C8H4BrF6N. The number of pyridine rings is 1. The normalized spacial score (nSPS) is 12.2. The highest BCUT2D eigenvalue weighted by molar-refractivity contribution is 9.08. The van der Waals surface area contributed by atoms with Crippen molar-refractivity contribution in [2.24, 2.45) is 0 Å². The van der Waals surface area contributed by atoms with Gasteiger partial charge < -0.3 is 0 Å². The van der Waals surface area contributed by atoms with E-state index >= 15 is 0 Å². The first kappa shape index (κ1) is 13.3. The lowest BCUT2D eigenvalue weighted by Crippen LogP contribution is -2.15. The number of aromatic nitrogens is 1. The van der Waals surface area contributed by atoms with E-state index in [0.717, 1.165) is 0 Å². The second kappa shape index (κ2) is 4.60. The summed E-state index contributed by atoms with van der Waals surface area (Å²) in [7, 11) is 0. The molecule has 0 aliphatic carbocycles. The Kier molecular flexibility index (Phi) is 3.82. The van der Waals surface area contributed by atoms with E-state index in [0.29, 0.717) is 0 Å². The number of nitrogens with zero attached hydrogens (tertiary/aromatic N) is 1. The van der Waals surface area contributed by atoms with E-state index in [1.165, 1.54) is 0 Å². The molecule has 0 radical (unpaired) electrons. The fourth-order valence-electron chi connectivity index (χ4n) is 1.18. The first-order valence-corrected chi connectivity index (χ1v) is 5.00. The molecule has 0 aromatic carbocycles. The van der Waals surface area contributed by atoms with Crippen molar-refractivity contribution in [1.29, 1.82) is 0 Å². The Bertz CT molecular complexity index is 389. The number of rotatable bonds is 2. The minimum Gasteiger partial charge on any atom is -0.223 e. The molecule has 8 heteroatoms. The Balaban J connectivity index is 3.52. The van der Waals surface area contributed by atoms with Gasteiger partial charge in [-0.2, -0.15) is 17.6 Å². The van der Waals surface area contributed by atoms with Crippen LogP contribution in [0.15, 0.2) is 6.07 Å². The van der Waals surface area contributed by atoms with Crippen LogP contribution in [0.4, 0.5) is 26.3 Å². The van der Waals surface area contributed by atoms with Gasteiger partial charge in [0.05, 0.1) is 11.3 Å². The van der Waals surface area contributed by atoms with Gasteiger partial charge in [0.15, 0.2) is 0 Å². The number of hydrogen-bond donors (Lipinski definition) is 0. The highest BCUT2D eigenvalue weighted by Crippen LogP contribution is 2.38. The van der Waals surface area contributed by atoms with Crippen molar-refractivity contribution in [3.63, 3.8) is 0 Å². The lowest BCUT2D eigenvalue weighted by atomic mass is 10.1. The number of halogens is 7. The van der Waals surface area contributed by atoms with Gasteiger partial charge in [-0.05, 0) is 0 Å². The fourth-order valence-corrected chi connectivity index (χ4v) is 1.59. The number of hydrogen-bond acceptors (Lipinski definition) is 1. The molecule has 0 atom stereocenters. The molecule has 1 nitrogen and oxygen atoms in total. The molecule has 0 amide bonds. The molecule has 90 valence electrons. The van der Waals surface area contributed by atoms with Crippen molar-refractivity contribution in [1.82, 2.24) is 4.98 Å². The Labute approximate surface area is 94.6 Å². The predicted octanol–water partition coefficient (Wildman–Crippen LogP) is 4.07. The summed E-state index contributed by atoms with van der Waals surface area (Å²) in [5.41, 5.74) is -3.77. The molecule has 0 fully saturated rings. The summed E-state index contributed by atoms with van der Waals surface area (Å²) in [6.07, 6.45) is -8.40. The van der Waals surface area contributed by atoms with Crippen molar-refractivity contribution < 1.29 is 26.3 Å². The molecule has 1 aromatic heterocycles. The lowest BCUT2D eigenvalue weighted by molar-refractivity contribution is -0.140. The highest BCUT2D eigenvalue weighted by Gasteiger charge is 2.39. The van der Waals surface area contributed by atoms with Crippen molar-refractivity contribution >= 4 is 15.9 Å². The maximum absolute atomic E-state index is 12.7. The van der Waals surface area contributed by atoms with Crippen LogP contribution in [0.3, 0.4) is 0 Å². The number of alkyl halides is 6. The lowest BCUT2D eigenvalue weighted by Gasteiger charge is -2.15. The van der Waals surface area contributed by atoms with Crippen molar-refractivity contribution in [3.05, 3.63) is 28.8 Å². The molecule has 0 aliphatic rings. The SMILES string of the molecule is Fc1cc(C(F)F)c(C(F)(F)F)c(CBr)n1. The summed E-state index contributed by atoms with van der Waals surface area (Å²) in [5.74, 6) is -1.36. The van der Waals surface area contributed by atoms with E-state index in [1.807, 2.05) is 0 Å². The summed E-state index contributed by atoms with van der Waals surface area (Å²) in [4.78, 5) is 2.93. The summed E-state index contributed by atoms with van der Waals surface area (Å²) in [6, 6.07) is 0.0969. The second-order valence-corrected chi connectivity index (χ2v) is 3.35. The Morgan fingerprint density at radius 1 is 1.31 bits per heavy atom. The molecular weight excluding hydrogens is 304 g/mol. The Morgan fingerprint density at radius 3 is 2.25 bits per heavy atom. The van der Waals surface area contributed by atoms with Gasteiger partial charge in [0.1, 0.15) is 0 Å². The molecule has 0 spiro atoms. The minimum atomic E-state index is -4.99. The summed E-state index contributed by atoms with van der Waals surface area (Å²) >= 11 is 2.64. The average Bonchev–Trinajstić information content (AvgIpc) is 2.14. The Morgan fingerprint density at radius 2 is 1.88 bits per heavy atom. The summed E-state index contributed by atoms with van der Waals surface area (Å²) < 4.78 is 74.8. The Hall–Kier alpha value is -0.790. The largest absolute Gasteiger partial charge is 0.418 e. The first-order valence-electron chi connectivity index (χ1n) is 3.88. The van der Waals surface area contributed by atoms with Crippen molar-refractivity contribution in [2.45, 2.75) is 17.9 Å². The maximum Gasteiger partial charge on any atom is 0.418 e. The van der Waals surface area contributed by atoms with E-state index < -0.39 is 40.7 Å². The zero-order chi connectivity index (χ0) is 12.5. The average molecular weight is 308 g/mol. The summed E-state index contributed by atoms with van der Waals surface area (Å²) in [5, 5.41) is -0.459. The zero-order valence-corrected chi connectivity index (χ0v) is 9.04. The molecule has 0 bridgehead atoms. The quantitative estimate of drug-likeness (QED) is 0.456. The monoisotopic (exact) mass is 307 g/mol. The van der Waals surface area contributed by atoms with Crippen LogP contribution in [0.25, 0.3) is 0 Å². The van der Waals surface area contributed by atoms with Crippen LogP contribution in [0.5, 0.6) is 0 Å². The van der Waals surface area contributed by atoms with Gasteiger partial charge in [-0.1, -0.05) is 15.9 Å². The van der Waals surface area contributed by atoms with Crippen LogP contribution in [-0.2, 0) is 11.5 Å². The third kappa shape index (κ3) is 2.66. The van der Waals surface area contributed by atoms with Gasteiger partial charge in [0.2, 0.25) is 5.95 Å². The molecule has 16 heavy (non-hydrogen) atoms. The zero-order valence-electron chi connectivity index (χ0n) is 7.45. The van der Waals surface area contributed by atoms with E-state index in [1.54, 1.807) is 0 Å². The van der Waals surface area contributed by atoms with Gasteiger partial charge >= 0.3 is 6.18 Å². The van der Waals surface area contributed by atoms with Gasteiger partial charge in [-0.25, -0.2) is 13.8 Å². The molecule has 0 saturated carbocycles. The smallest absolute Gasteiger partial charge is 0.223 e. The van der Waals surface area contributed by atoms with Crippen LogP contribution in [0, 0.1) is 5.95 Å². The van der Waals surface area contributed by atoms with E-state index in [2.05, 4.69) is 20.9 Å². The fraction of sp³-hybridized carbons (Fsp3) is 0.375. The minimum absolute atomic E-state index is 0.0969. The van der Waals surface area contributed by atoms with Crippen LogP contribution in [0.1, 0.15) is 23.2 Å². The molecule has 0 N–H and O–H groups in total. The van der Waals surface area contributed by atoms with E-state index in [-0.39, 0.29) is 6.07 Å². The second-order valence-electron chi connectivity index (χ2n) is 2.79. The first-order chi connectivity index (χ1) is 7.27. The van der Waals surface area contributed by atoms with Crippen LogP contribution in [-0.4, -0.2) is 4.98 Å². The van der Waals surface area contributed by atoms with Crippen LogP contribution < -0.4 is 0 Å².